The van der Waals surface area contributed by atoms with Crippen molar-refractivity contribution in [3.05, 3.63) is 35.3 Å². The van der Waals surface area contributed by atoms with Crippen LogP contribution in [0.15, 0.2) is 18.2 Å². The molecule has 2 rings (SSSR count). The highest BCUT2D eigenvalue weighted by atomic mass is 127. The molecular weight excluding hydrogens is 280 g/mol. The molecule has 0 aliphatic carbocycles. The van der Waals surface area contributed by atoms with Crippen LogP contribution < -0.4 is 0 Å². The van der Waals surface area contributed by atoms with Gasteiger partial charge in [-0.25, -0.2) is 4.39 Å². The molecule has 0 radical (unpaired) electrons. The molecule has 2 aromatic rings. The maximum atomic E-state index is 13.5. The van der Waals surface area contributed by atoms with E-state index in [-0.39, 0.29) is 5.82 Å². The molecule has 0 atom stereocenters. The molecule has 0 aliphatic rings. The number of hydrogen-bond acceptors (Lipinski definition) is 0. The van der Waals surface area contributed by atoms with E-state index in [1.807, 2.05) is 28.8 Å². The van der Waals surface area contributed by atoms with Crippen molar-refractivity contribution < 1.29 is 4.39 Å². The highest BCUT2D eigenvalue weighted by Crippen LogP contribution is 2.25. The predicted octanol–water partition coefficient (Wildman–Crippen LogP) is 3.60. The summed E-state index contributed by atoms with van der Waals surface area (Å²) < 4.78 is 15.3. The smallest absolute Gasteiger partial charge is 0.148 e. The summed E-state index contributed by atoms with van der Waals surface area (Å²) in [7, 11) is 0. The maximum Gasteiger partial charge on any atom is 0.148 e. The van der Waals surface area contributed by atoms with Crippen LogP contribution >= 0.6 is 22.9 Å². The van der Waals surface area contributed by atoms with E-state index >= 15 is 0 Å². The average Bonchev–Trinajstić information content (AvgIpc) is 2.27. The normalized spacial score (nSPS) is 11.1. The molecule has 1 aromatic heterocycles. The van der Waals surface area contributed by atoms with Crippen LogP contribution in [-0.4, -0.2) is 2.78 Å². The minimum atomic E-state index is -0.141. The van der Waals surface area contributed by atoms with E-state index in [1.165, 1.54) is 0 Å². The number of fused-ring (bicyclic) bond motifs is 1. The molecule has 0 unspecified atom stereocenters. The lowest BCUT2D eigenvalue weighted by atomic mass is 10.2. The first-order valence-electron chi connectivity index (χ1n) is 4.04. The van der Waals surface area contributed by atoms with Crippen LogP contribution in [0, 0.1) is 19.7 Å². The standard InChI is InChI=1S/C10H9FIN/c1-6-3-8-5-7(2)13(12)10(8)9(11)4-6/h3-5H,1-2H3. The zero-order chi connectivity index (χ0) is 9.59. The molecule has 0 bridgehead atoms. The topological polar surface area (TPSA) is 4.93 Å². The van der Waals surface area contributed by atoms with Gasteiger partial charge in [0.15, 0.2) is 0 Å². The second kappa shape index (κ2) is 2.97. The molecule has 3 heteroatoms. The first-order chi connectivity index (χ1) is 6.09. The summed E-state index contributed by atoms with van der Waals surface area (Å²) in [4.78, 5) is 0. The third-order valence-corrected chi connectivity index (χ3v) is 3.35. The Kier molecular flexibility index (Phi) is 2.06. The Hall–Kier alpha value is -0.580. The molecule has 13 heavy (non-hydrogen) atoms. The van der Waals surface area contributed by atoms with Gasteiger partial charge in [-0.15, -0.1) is 0 Å². The molecule has 0 spiro atoms. The quantitative estimate of drug-likeness (QED) is 0.653. The third-order valence-electron chi connectivity index (χ3n) is 2.11. The molecule has 68 valence electrons. The minimum absolute atomic E-state index is 0.141. The van der Waals surface area contributed by atoms with Crippen molar-refractivity contribution in [2.45, 2.75) is 13.8 Å². The summed E-state index contributed by atoms with van der Waals surface area (Å²) >= 11 is 2.11. The average molecular weight is 289 g/mol. The van der Waals surface area contributed by atoms with Gasteiger partial charge in [-0.05, 0) is 37.6 Å². The van der Waals surface area contributed by atoms with Gasteiger partial charge in [-0.1, -0.05) is 0 Å². The lowest BCUT2D eigenvalue weighted by Crippen LogP contribution is -1.86. The van der Waals surface area contributed by atoms with Crippen molar-refractivity contribution in [2.75, 3.05) is 0 Å². The number of benzene rings is 1. The number of rotatable bonds is 0. The summed E-state index contributed by atoms with van der Waals surface area (Å²) in [6, 6.07) is 5.56. The summed E-state index contributed by atoms with van der Waals surface area (Å²) in [5, 5.41) is 0.976. The molecule has 1 heterocycles. The monoisotopic (exact) mass is 289 g/mol. The molecule has 0 amide bonds. The fourth-order valence-electron chi connectivity index (χ4n) is 1.54. The number of hydrogen-bond donors (Lipinski definition) is 0. The molecule has 0 saturated heterocycles. The maximum absolute atomic E-state index is 13.5. The van der Waals surface area contributed by atoms with Gasteiger partial charge in [0.1, 0.15) is 5.82 Å². The highest BCUT2D eigenvalue weighted by molar-refractivity contribution is 14.1. The van der Waals surface area contributed by atoms with Crippen molar-refractivity contribution in [3.8, 4) is 0 Å². The molecular formula is C10H9FIN. The molecule has 0 fully saturated rings. The van der Waals surface area contributed by atoms with Crippen LogP contribution in [0.3, 0.4) is 0 Å². The molecule has 0 aliphatic heterocycles. The number of aryl methyl sites for hydroxylation is 2. The largest absolute Gasteiger partial charge is 0.284 e. The van der Waals surface area contributed by atoms with Gasteiger partial charge in [0.2, 0.25) is 0 Å². The van der Waals surface area contributed by atoms with Crippen molar-refractivity contribution in [3.63, 3.8) is 0 Å². The molecule has 1 nitrogen and oxygen atoms in total. The van der Waals surface area contributed by atoms with Gasteiger partial charge in [0.25, 0.3) is 0 Å². The van der Waals surface area contributed by atoms with Crippen molar-refractivity contribution >= 4 is 33.8 Å². The highest BCUT2D eigenvalue weighted by Gasteiger charge is 2.08. The Balaban J connectivity index is 2.94. The molecule has 0 saturated carbocycles. The SMILES string of the molecule is Cc1cc(F)c2c(c1)cc(C)n2I. The summed E-state index contributed by atoms with van der Waals surface area (Å²) in [5.41, 5.74) is 2.72. The van der Waals surface area contributed by atoms with E-state index in [9.17, 15) is 4.39 Å². The van der Waals surface area contributed by atoms with E-state index in [2.05, 4.69) is 22.9 Å². The zero-order valence-electron chi connectivity index (χ0n) is 7.44. The van der Waals surface area contributed by atoms with Crippen LogP contribution in [0.1, 0.15) is 11.3 Å². The van der Waals surface area contributed by atoms with E-state index in [0.717, 1.165) is 16.6 Å². The minimum Gasteiger partial charge on any atom is -0.284 e. The van der Waals surface area contributed by atoms with Gasteiger partial charge < -0.3 is 0 Å². The van der Waals surface area contributed by atoms with Gasteiger partial charge in [0, 0.05) is 11.1 Å². The van der Waals surface area contributed by atoms with Crippen molar-refractivity contribution in [2.24, 2.45) is 0 Å². The van der Waals surface area contributed by atoms with E-state index in [4.69, 9.17) is 0 Å². The lowest BCUT2D eigenvalue weighted by molar-refractivity contribution is 0.635. The Morgan fingerprint density at radius 3 is 2.62 bits per heavy atom. The summed E-state index contributed by atoms with van der Waals surface area (Å²) in [5.74, 6) is -0.141. The van der Waals surface area contributed by atoms with E-state index in [0.29, 0.717) is 5.52 Å². The summed E-state index contributed by atoms with van der Waals surface area (Å²) in [6.45, 7) is 3.88. The summed E-state index contributed by atoms with van der Waals surface area (Å²) in [6.07, 6.45) is 0. The van der Waals surface area contributed by atoms with Crippen molar-refractivity contribution in [1.82, 2.24) is 2.78 Å². The van der Waals surface area contributed by atoms with Crippen LogP contribution in [0.5, 0.6) is 0 Å². The van der Waals surface area contributed by atoms with Crippen LogP contribution in [-0.2, 0) is 0 Å². The van der Waals surface area contributed by atoms with Crippen LogP contribution in [0.4, 0.5) is 4.39 Å². The van der Waals surface area contributed by atoms with Gasteiger partial charge in [-0.3, -0.25) is 2.78 Å². The number of aromatic nitrogens is 1. The number of nitrogens with zero attached hydrogens (tertiary/aromatic N) is 1. The second-order valence-electron chi connectivity index (χ2n) is 3.25. The fraction of sp³-hybridized carbons (Fsp3) is 0.200. The van der Waals surface area contributed by atoms with Gasteiger partial charge >= 0.3 is 0 Å². The number of halogens is 2. The molecule has 1 aromatic carbocycles. The lowest BCUT2D eigenvalue weighted by Gasteiger charge is -1.99. The van der Waals surface area contributed by atoms with E-state index in [1.54, 1.807) is 6.07 Å². The van der Waals surface area contributed by atoms with E-state index < -0.39 is 0 Å². The Morgan fingerprint density at radius 2 is 1.92 bits per heavy atom. The first kappa shape index (κ1) is 8.99. The Labute approximate surface area is 90.0 Å². The first-order valence-corrected chi connectivity index (χ1v) is 5.00. The third kappa shape index (κ3) is 1.35. The van der Waals surface area contributed by atoms with Crippen LogP contribution in [0.25, 0.3) is 10.9 Å². The fourth-order valence-corrected chi connectivity index (χ4v) is 2.18. The Morgan fingerprint density at radius 1 is 1.23 bits per heavy atom. The molecule has 0 N–H and O–H groups in total. The second-order valence-corrected chi connectivity index (χ2v) is 4.22. The van der Waals surface area contributed by atoms with Crippen molar-refractivity contribution in [1.29, 1.82) is 0 Å². The predicted molar refractivity (Wildman–Crippen MR) is 60.8 cm³/mol. The van der Waals surface area contributed by atoms with Gasteiger partial charge in [-0.2, -0.15) is 0 Å². The Bertz CT molecular complexity index is 473. The zero-order valence-corrected chi connectivity index (χ0v) is 9.59. The van der Waals surface area contributed by atoms with Crippen LogP contribution in [0.2, 0.25) is 0 Å². The van der Waals surface area contributed by atoms with Gasteiger partial charge in [0.05, 0.1) is 28.4 Å².